The highest BCUT2D eigenvalue weighted by atomic mass is 32.2. The van der Waals surface area contributed by atoms with Gasteiger partial charge in [-0.15, -0.1) is 17.9 Å². The number of thiazole rings is 1. The number of nitrogens with zero attached hydrogens (tertiary/aromatic N) is 2. The van der Waals surface area contributed by atoms with Crippen molar-refractivity contribution in [2.24, 2.45) is 0 Å². The van der Waals surface area contributed by atoms with Crippen LogP contribution in [0.5, 0.6) is 11.5 Å². The summed E-state index contributed by atoms with van der Waals surface area (Å²) < 4.78 is 34.4. The van der Waals surface area contributed by atoms with Crippen molar-refractivity contribution in [3.05, 3.63) is 72.1 Å². The molecule has 33 heavy (non-hydrogen) atoms. The molecular formula is C24H22N2O5S2. The Balaban J connectivity index is 1.52. The summed E-state index contributed by atoms with van der Waals surface area (Å²) in [5, 5.41) is 2.35. The molecule has 0 radical (unpaired) electrons. The van der Waals surface area contributed by atoms with Crippen LogP contribution in [0.1, 0.15) is 5.56 Å². The van der Waals surface area contributed by atoms with E-state index in [1.807, 2.05) is 23.6 Å². The number of anilines is 1. The van der Waals surface area contributed by atoms with Gasteiger partial charge in [0.1, 0.15) is 13.2 Å². The van der Waals surface area contributed by atoms with Gasteiger partial charge < -0.3 is 9.47 Å². The fraction of sp³-hybridized carbons (Fsp3) is 0.167. The molecule has 4 rings (SSSR count). The summed E-state index contributed by atoms with van der Waals surface area (Å²) in [7, 11) is -3.27. The average molecular weight is 483 g/mol. The van der Waals surface area contributed by atoms with Crippen molar-refractivity contribution in [2.75, 3.05) is 30.9 Å². The van der Waals surface area contributed by atoms with Gasteiger partial charge in [0.15, 0.2) is 26.5 Å². The lowest BCUT2D eigenvalue weighted by atomic mass is 10.1. The molecule has 1 aliphatic rings. The second kappa shape index (κ2) is 9.60. The van der Waals surface area contributed by atoms with Crippen molar-refractivity contribution in [3.8, 4) is 22.8 Å². The first-order valence-corrected chi connectivity index (χ1v) is 12.9. The number of carbonyl (C=O) groups is 1. The first-order chi connectivity index (χ1) is 15.8. The maximum absolute atomic E-state index is 12.9. The van der Waals surface area contributed by atoms with Gasteiger partial charge in [0.05, 0.1) is 10.6 Å². The lowest BCUT2D eigenvalue weighted by Crippen LogP contribution is -2.29. The lowest BCUT2D eigenvalue weighted by molar-refractivity contribution is -0.114. The minimum absolute atomic E-state index is 0.238. The van der Waals surface area contributed by atoms with E-state index in [0.29, 0.717) is 42.1 Å². The van der Waals surface area contributed by atoms with Crippen molar-refractivity contribution in [1.82, 2.24) is 4.98 Å². The van der Waals surface area contributed by atoms with Gasteiger partial charge in [-0.1, -0.05) is 24.3 Å². The highest BCUT2D eigenvalue weighted by Gasteiger charge is 2.17. The van der Waals surface area contributed by atoms with E-state index in [1.54, 1.807) is 36.4 Å². The minimum Gasteiger partial charge on any atom is -0.486 e. The highest BCUT2D eigenvalue weighted by Crippen LogP contribution is 2.31. The van der Waals surface area contributed by atoms with Gasteiger partial charge >= 0.3 is 0 Å². The van der Waals surface area contributed by atoms with E-state index in [1.165, 1.54) is 28.6 Å². The number of aromatic nitrogens is 1. The summed E-state index contributed by atoms with van der Waals surface area (Å²) in [6.45, 7) is 5.06. The molecule has 0 spiro atoms. The van der Waals surface area contributed by atoms with E-state index in [9.17, 15) is 13.2 Å². The number of amides is 1. The number of hydrogen-bond donors (Lipinski definition) is 0. The van der Waals surface area contributed by atoms with E-state index in [2.05, 4.69) is 11.6 Å². The fourth-order valence-corrected chi connectivity index (χ4v) is 4.69. The lowest BCUT2D eigenvalue weighted by Gasteiger charge is -2.18. The van der Waals surface area contributed by atoms with E-state index in [0.717, 1.165) is 11.1 Å². The van der Waals surface area contributed by atoms with Crippen molar-refractivity contribution in [1.29, 1.82) is 0 Å². The van der Waals surface area contributed by atoms with Crippen molar-refractivity contribution < 1.29 is 22.7 Å². The summed E-state index contributed by atoms with van der Waals surface area (Å²) in [6.07, 6.45) is 6.00. The molecular weight excluding hydrogens is 460 g/mol. The second-order valence-electron chi connectivity index (χ2n) is 7.29. The number of sulfone groups is 1. The molecule has 0 unspecified atom stereocenters. The molecule has 2 heterocycles. The monoisotopic (exact) mass is 482 g/mol. The molecule has 1 aliphatic heterocycles. The Labute approximate surface area is 196 Å². The number of benzene rings is 2. The van der Waals surface area contributed by atoms with Gasteiger partial charge in [-0.3, -0.25) is 9.69 Å². The van der Waals surface area contributed by atoms with Crippen LogP contribution in [0.15, 0.2) is 71.5 Å². The zero-order valence-electron chi connectivity index (χ0n) is 17.9. The quantitative estimate of drug-likeness (QED) is 0.370. The largest absolute Gasteiger partial charge is 0.486 e. The van der Waals surface area contributed by atoms with Crippen LogP contribution in [0.2, 0.25) is 0 Å². The zero-order valence-corrected chi connectivity index (χ0v) is 19.6. The highest BCUT2D eigenvalue weighted by molar-refractivity contribution is 7.90. The maximum atomic E-state index is 12.9. The van der Waals surface area contributed by atoms with Crippen LogP contribution < -0.4 is 14.4 Å². The molecule has 2 aromatic carbocycles. The molecule has 0 fully saturated rings. The molecule has 0 saturated heterocycles. The van der Waals surface area contributed by atoms with Gasteiger partial charge in [0.25, 0.3) is 5.91 Å². The Morgan fingerprint density at radius 2 is 1.88 bits per heavy atom. The third kappa shape index (κ3) is 5.32. The first-order valence-electron chi connectivity index (χ1n) is 10.1. The normalized spacial score (nSPS) is 13.1. The standard InChI is InChI=1S/C24H22N2O5S2/c1-3-12-26(23(27)11-5-17-4-10-21-22(15-17)31-14-13-30-21)24-25-20(16-32-24)18-6-8-19(9-7-18)33(2,28)29/h3-11,15-16H,1,12-14H2,2H3/b11-5+. The number of ether oxygens (including phenoxy) is 2. The maximum Gasteiger partial charge on any atom is 0.253 e. The number of carbonyl (C=O) groups excluding carboxylic acids is 1. The molecule has 1 aromatic heterocycles. The zero-order chi connectivity index (χ0) is 23.4. The average Bonchev–Trinajstić information content (AvgIpc) is 3.30. The van der Waals surface area contributed by atoms with E-state index < -0.39 is 9.84 Å². The van der Waals surface area contributed by atoms with Crippen molar-refractivity contribution in [2.45, 2.75) is 4.90 Å². The van der Waals surface area contributed by atoms with Gasteiger partial charge in [-0.25, -0.2) is 13.4 Å². The smallest absolute Gasteiger partial charge is 0.253 e. The van der Waals surface area contributed by atoms with Crippen molar-refractivity contribution >= 4 is 38.3 Å². The molecule has 3 aromatic rings. The Morgan fingerprint density at radius 1 is 1.15 bits per heavy atom. The van der Waals surface area contributed by atoms with Crippen LogP contribution in [0.4, 0.5) is 5.13 Å². The molecule has 1 amide bonds. The summed E-state index contributed by atoms with van der Waals surface area (Å²) >= 11 is 1.33. The number of hydrogen-bond acceptors (Lipinski definition) is 7. The molecule has 0 saturated carbocycles. The first kappa shape index (κ1) is 22.8. The molecule has 7 nitrogen and oxygen atoms in total. The molecule has 170 valence electrons. The third-order valence-electron chi connectivity index (χ3n) is 4.86. The summed E-state index contributed by atoms with van der Waals surface area (Å²) in [5.41, 5.74) is 2.24. The third-order valence-corrected chi connectivity index (χ3v) is 6.86. The summed E-state index contributed by atoms with van der Waals surface area (Å²) in [6, 6.07) is 12.0. The van der Waals surface area contributed by atoms with Crippen LogP contribution in [-0.4, -0.2) is 45.3 Å². The predicted octanol–water partition coefficient (Wildman–Crippen LogP) is 4.22. The van der Waals surface area contributed by atoms with Crippen LogP contribution in [0, 0.1) is 0 Å². The minimum atomic E-state index is -3.27. The van der Waals surface area contributed by atoms with Gasteiger partial charge in [0, 0.05) is 29.8 Å². The van der Waals surface area contributed by atoms with Crippen LogP contribution in [0.3, 0.4) is 0 Å². The molecule has 9 heteroatoms. The summed E-state index contributed by atoms with van der Waals surface area (Å²) in [5.74, 6) is 1.11. The number of fused-ring (bicyclic) bond motifs is 1. The van der Waals surface area contributed by atoms with Crippen LogP contribution in [0.25, 0.3) is 17.3 Å². The van der Waals surface area contributed by atoms with Gasteiger partial charge in [-0.05, 0) is 35.9 Å². The van der Waals surface area contributed by atoms with Gasteiger partial charge in [-0.2, -0.15) is 0 Å². The van der Waals surface area contributed by atoms with E-state index in [-0.39, 0.29) is 10.8 Å². The predicted molar refractivity (Wildman–Crippen MR) is 130 cm³/mol. The van der Waals surface area contributed by atoms with Crippen LogP contribution >= 0.6 is 11.3 Å². The van der Waals surface area contributed by atoms with Crippen LogP contribution in [-0.2, 0) is 14.6 Å². The molecule has 0 N–H and O–H groups in total. The molecule has 0 atom stereocenters. The van der Waals surface area contributed by atoms with E-state index >= 15 is 0 Å². The second-order valence-corrected chi connectivity index (χ2v) is 10.1. The van der Waals surface area contributed by atoms with Gasteiger partial charge in [0.2, 0.25) is 0 Å². The fourth-order valence-electron chi connectivity index (χ4n) is 3.21. The summed E-state index contributed by atoms with van der Waals surface area (Å²) in [4.78, 5) is 19.3. The van der Waals surface area contributed by atoms with E-state index in [4.69, 9.17) is 9.47 Å². The Bertz CT molecular complexity index is 1310. The number of rotatable bonds is 7. The SMILES string of the molecule is C=CCN(C(=O)/C=C/c1ccc2c(c1)OCCO2)c1nc(-c2ccc(S(C)(=O)=O)cc2)cs1. The Kier molecular flexibility index (Phi) is 6.62. The molecule has 0 aliphatic carbocycles. The molecule has 0 bridgehead atoms. The topological polar surface area (TPSA) is 85.8 Å². The van der Waals surface area contributed by atoms with Crippen molar-refractivity contribution in [3.63, 3.8) is 0 Å². The Morgan fingerprint density at radius 3 is 2.58 bits per heavy atom. The Hall–Kier alpha value is -3.43.